The molecule has 0 heterocycles. The number of carbonyl (C=O) groups excluding carboxylic acids is 1. The predicted molar refractivity (Wildman–Crippen MR) is 106 cm³/mol. The minimum absolute atomic E-state index is 0.0194. The van der Waals surface area contributed by atoms with E-state index in [0.717, 1.165) is 17.1 Å². The first-order chi connectivity index (χ1) is 12.9. The fourth-order valence-corrected chi connectivity index (χ4v) is 4.19. The maximum Gasteiger partial charge on any atom is 0.264 e. The Hall–Kier alpha value is -2.54. The first-order valence-electron chi connectivity index (χ1n) is 8.89. The molecule has 0 aliphatic heterocycles. The van der Waals surface area contributed by atoms with Crippen molar-refractivity contribution in [2.24, 2.45) is 0 Å². The molecule has 0 saturated heterocycles. The molecule has 2 aromatic rings. The van der Waals surface area contributed by atoms with Crippen LogP contribution in [-0.2, 0) is 14.8 Å². The highest BCUT2D eigenvalue weighted by molar-refractivity contribution is 7.92. The molecule has 0 fully saturated rings. The second-order valence-corrected chi connectivity index (χ2v) is 8.15. The van der Waals surface area contributed by atoms with Crippen LogP contribution in [0.5, 0.6) is 5.75 Å². The number of methoxy groups -OCH3 is 1. The molecule has 0 saturated carbocycles. The lowest BCUT2D eigenvalue weighted by Crippen LogP contribution is -2.43. The van der Waals surface area contributed by atoms with Crippen molar-refractivity contribution in [1.29, 1.82) is 0 Å². The van der Waals surface area contributed by atoms with Crippen LogP contribution in [-0.4, -0.2) is 34.0 Å². The number of amides is 1. The summed E-state index contributed by atoms with van der Waals surface area (Å²) in [6.07, 6.45) is 1.76. The third-order valence-electron chi connectivity index (χ3n) is 4.09. The largest absolute Gasteiger partial charge is 0.497 e. The molecule has 146 valence electrons. The number of sulfonamides is 1. The summed E-state index contributed by atoms with van der Waals surface area (Å²) in [5.41, 5.74) is 0.372. The Labute approximate surface area is 161 Å². The highest BCUT2D eigenvalue weighted by Gasteiger charge is 2.27. The van der Waals surface area contributed by atoms with Gasteiger partial charge in [0, 0.05) is 12.1 Å². The van der Waals surface area contributed by atoms with Crippen molar-refractivity contribution in [1.82, 2.24) is 5.32 Å². The van der Waals surface area contributed by atoms with Crippen LogP contribution in [0.15, 0.2) is 59.5 Å². The molecule has 6 nitrogen and oxygen atoms in total. The number of benzene rings is 2. The standard InChI is InChI=1S/C20H26N2O4S/c1-4-9-16(2)21-20(23)15-22(17-10-8-11-18(14-17)26-3)27(24,25)19-12-6-5-7-13-19/h5-8,10-14,16H,4,9,15H2,1-3H3,(H,21,23). The molecule has 2 rings (SSSR count). The highest BCUT2D eigenvalue weighted by Crippen LogP contribution is 2.26. The van der Waals surface area contributed by atoms with Crippen molar-refractivity contribution in [3.05, 3.63) is 54.6 Å². The fraction of sp³-hybridized carbons (Fsp3) is 0.350. The molecule has 0 spiro atoms. The Morgan fingerprint density at radius 2 is 1.85 bits per heavy atom. The minimum Gasteiger partial charge on any atom is -0.497 e. The highest BCUT2D eigenvalue weighted by atomic mass is 32.2. The quantitative estimate of drug-likeness (QED) is 0.713. The van der Waals surface area contributed by atoms with E-state index < -0.39 is 10.0 Å². The van der Waals surface area contributed by atoms with Gasteiger partial charge in [-0.2, -0.15) is 0 Å². The third-order valence-corrected chi connectivity index (χ3v) is 5.88. The van der Waals surface area contributed by atoms with Crippen LogP contribution in [0, 0.1) is 0 Å². The van der Waals surface area contributed by atoms with E-state index in [-0.39, 0.29) is 23.4 Å². The van der Waals surface area contributed by atoms with E-state index in [1.807, 2.05) is 13.8 Å². The summed E-state index contributed by atoms with van der Waals surface area (Å²) in [6, 6.07) is 14.7. The molecule has 1 atom stereocenters. The van der Waals surface area contributed by atoms with Crippen LogP contribution in [0.3, 0.4) is 0 Å². The number of anilines is 1. The van der Waals surface area contributed by atoms with Crippen molar-refractivity contribution in [3.8, 4) is 5.75 Å². The predicted octanol–water partition coefficient (Wildman–Crippen LogP) is 3.20. The second kappa shape index (κ2) is 9.41. The Balaban J connectivity index is 2.38. The van der Waals surface area contributed by atoms with E-state index in [1.165, 1.54) is 19.2 Å². The van der Waals surface area contributed by atoms with Gasteiger partial charge in [-0.25, -0.2) is 8.42 Å². The topological polar surface area (TPSA) is 75.7 Å². The molecule has 7 heteroatoms. The Kier molecular flexibility index (Phi) is 7.24. The van der Waals surface area contributed by atoms with Crippen molar-refractivity contribution in [2.75, 3.05) is 18.0 Å². The number of nitrogens with one attached hydrogen (secondary N) is 1. The lowest BCUT2D eigenvalue weighted by molar-refractivity contribution is -0.120. The summed E-state index contributed by atoms with van der Waals surface area (Å²) in [5.74, 6) is 0.166. The number of hydrogen-bond acceptors (Lipinski definition) is 4. The molecular weight excluding hydrogens is 364 g/mol. The first kappa shape index (κ1) is 20.8. The average molecular weight is 391 g/mol. The lowest BCUT2D eigenvalue weighted by atomic mass is 10.2. The normalized spacial score (nSPS) is 12.3. The monoisotopic (exact) mass is 390 g/mol. The Morgan fingerprint density at radius 3 is 2.48 bits per heavy atom. The summed E-state index contributed by atoms with van der Waals surface area (Å²) in [7, 11) is -2.40. The van der Waals surface area contributed by atoms with Crippen molar-refractivity contribution in [3.63, 3.8) is 0 Å². The maximum atomic E-state index is 13.2. The molecule has 0 aliphatic carbocycles. The number of nitrogens with zero attached hydrogens (tertiary/aromatic N) is 1. The second-order valence-electron chi connectivity index (χ2n) is 6.28. The van der Waals surface area contributed by atoms with Crippen LogP contribution in [0.4, 0.5) is 5.69 Å². The molecule has 1 amide bonds. The first-order valence-corrected chi connectivity index (χ1v) is 10.3. The van der Waals surface area contributed by atoms with Gasteiger partial charge in [0.2, 0.25) is 5.91 Å². The van der Waals surface area contributed by atoms with E-state index in [1.54, 1.807) is 42.5 Å². The zero-order chi connectivity index (χ0) is 19.9. The fourth-order valence-electron chi connectivity index (χ4n) is 2.76. The molecule has 0 aliphatic rings. The van der Waals surface area contributed by atoms with Crippen molar-refractivity contribution >= 4 is 21.6 Å². The van der Waals surface area contributed by atoms with Crippen LogP contribution in [0.25, 0.3) is 0 Å². The van der Waals surface area contributed by atoms with Gasteiger partial charge in [0.25, 0.3) is 10.0 Å². The van der Waals surface area contributed by atoms with Crippen LogP contribution in [0.1, 0.15) is 26.7 Å². The molecule has 0 bridgehead atoms. The summed E-state index contributed by atoms with van der Waals surface area (Å²) < 4.78 is 32.7. The van der Waals surface area contributed by atoms with Gasteiger partial charge in [0.1, 0.15) is 12.3 Å². The van der Waals surface area contributed by atoms with E-state index in [9.17, 15) is 13.2 Å². The summed E-state index contributed by atoms with van der Waals surface area (Å²) in [4.78, 5) is 12.6. The zero-order valence-corrected chi connectivity index (χ0v) is 16.7. The molecule has 0 radical (unpaired) electrons. The SMILES string of the molecule is CCCC(C)NC(=O)CN(c1cccc(OC)c1)S(=O)(=O)c1ccccc1. The van der Waals surface area contributed by atoms with Gasteiger partial charge >= 0.3 is 0 Å². The summed E-state index contributed by atoms with van der Waals surface area (Å²) in [6.45, 7) is 3.63. The van der Waals surface area contributed by atoms with Crippen molar-refractivity contribution < 1.29 is 17.9 Å². The molecule has 1 unspecified atom stereocenters. The van der Waals surface area contributed by atoms with Gasteiger partial charge in [0.05, 0.1) is 17.7 Å². The smallest absolute Gasteiger partial charge is 0.264 e. The third kappa shape index (κ3) is 5.47. The number of ether oxygens (including phenoxy) is 1. The number of rotatable bonds is 9. The average Bonchev–Trinajstić information content (AvgIpc) is 2.67. The van der Waals surface area contributed by atoms with E-state index in [2.05, 4.69) is 5.32 Å². The van der Waals surface area contributed by atoms with Gasteiger partial charge < -0.3 is 10.1 Å². The summed E-state index contributed by atoms with van der Waals surface area (Å²) >= 11 is 0. The molecular formula is C20H26N2O4S. The number of hydrogen-bond donors (Lipinski definition) is 1. The van der Waals surface area contributed by atoms with E-state index in [0.29, 0.717) is 11.4 Å². The van der Waals surface area contributed by atoms with E-state index in [4.69, 9.17) is 4.74 Å². The van der Waals surface area contributed by atoms with Crippen LogP contribution < -0.4 is 14.4 Å². The lowest BCUT2D eigenvalue weighted by Gasteiger charge is -2.25. The maximum absolute atomic E-state index is 13.2. The molecule has 2 aromatic carbocycles. The Morgan fingerprint density at radius 1 is 1.15 bits per heavy atom. The van der Waals surface area contributed by atoms with Crippen LogP contribution >= 0.6 is 0 Å². The molecule has 1 N–H and O–H groups in total. The zero-order valence-electron chi connectivity index (χ0n) is 15.9. The van der Waals surface area contributed by atoms with Gasteiger partial charge in [-0.05, 0) is 37.6 Å². The van der Waals surface area contributed by atoms with Crippen molar-refractivity contribution in [2.45, 2.75) is 37.6 Å². The van der Waals surface area contributed by atoms with Gasteiger partial charge in [-0.1, -0.05) is 37.6 Å². The van der Waals surface area contributed by atoms with E-state index >= 15 is 0 Å². The number of carbonyl (C=O) groups is 1. The summed E-state index contributed by atoms with van der Waals surface area (Å²) in [5, 5.41) is 2.86. The van der Waals surface area contributed by atoms with Gasteiger partial charge in [-0.3, -0.25) is 9.10 Å². The van der Waals surface area contributed by atoms with Gasteiger partial charge in [0.15, 0.2) is 0 Å². The molecule has 27 heavy (non-hydrogen) atoms. The minimum atomic E-state index is -3.91. The Bertz CT molecular complexity index is 853. The van der Waals surface area contributed by atoms with Crippen LogP contribution in [0.2, 0.25) is 0 Å². The molecule has 0 aromatic heterocycles. The van der Waals surface area contributed by atoms with Gasteiger partial charge in [-0.15, -0.1) is 0 Å².